The van der Waals surface area contributed by atoms with Crippen LogP contribution in [0.15, 0.2) is 12.2 Å². The third kappa shape index (κ3) is 19.6. The van der Waals surface area contributed by atoms with Crippen molar-refractivity contribution in [3.63, 3.8) is 0 Å². The van der Waals surface area contributed by atoms with Crippen molar-refractivity contribution >= 4 is 0 Å². The number of rotatable bonds is 18. The molecule has 0 aliphatic rings. The summed E-state index contributed by atoms with van der Waals surface area (Å²) in [5.74, 6) is 0. The average Bonchev–Trinajstić information content (AvgIpc) is 2.54. The van der Waals surface area contributed by atoms with Gasteiger partial charge in [0, 0.05) is 6.54 Å². The molecule has 2 heteroatoms. The Hall–Kier alpha value is -0.340. The first-order valence-corrected chi connectivity index (χ1v) is 10.3. The molecule has 0 spiro atoms. The quantitative estimate of drug-likeness (QED) is 0.249. The third-order valence-electron chi connectivity index (χ3n) is 4.53. The first-order chi connectivity index (χ1) is 11.3. The van der Waals surface area contributed by atoms with Crippen LogP contribution >= 0.6 is 0 Å². The number of aliphatic hydroxyl groups is 1. The first-order valence-electron chi connectivity index (χ1n) is 10.3. The topological polar surface area (TPSA) is 23.5 Å². The highest BCUT2D eigenvalue weighted by Gasteiger charge is 1.96. The fourth-order valence-electron chi connectivity index (χ4n) is 2.91. The highest BCUT2D eigenvalue weighted by Crippen LogP contribution is 2.10. The molecule has 0 rings (SSSR count). The summed E-state index contributed by atoms with van der Waals surface area (Å²) in [7, 11) is 2.09. The van der Waals surface area contributed by atoms with Gasteiger partial charge < -0.3 is 10.0 Å². The molecule has 0 saturated carbocycles. The van der Waals surface area contributed by atoms with Gasteiger partial charge in [0.25, 0.3) is 0 Å². The fraction of sp³-hybridized carbons (Fsp3) is 0.905. The zero-order valence-corrected chi connectivity index (χ0v) is 16.1. The Labute approximate surface area is 146 Å². The van der Waals surface area contributed by atoms with Gasteiger partial charge in [-0.2, -0.15) is 0 Å². The monoisotopic (exact) mass is 325 g/mol. The molecule has 0 fully saturated rings. The van der Waals surface area contributed by atoms with E-state index in [2.05, 4.69) is 31.0 Å². The van der Waals surface area contributed by atoms with E-state index in [4.69, 9.17) is 5.11 Å². The van der Waals surface area contributed by atoms with Crippen LogP contribution < -0.4 is 0 Å². The molecular weight excluding hydrogens is 282 g/mol. The minimum atomic E-state index is 0.281. The normalized spacial score (nSPS) is 11.8. The van der Waals surface area contributed by atoms with Gasteiger partial charge in [0.15, 0.2) is 0 Å². The number of aliphatic hydroxyl groups excluding tert-OH is 1. The Morgan fingerprint density at radius 1 is 0.652 bits per heavy atom. The van der Waals surface area contributed by atoms with E-state index in [9.17, 15) is 0 Å². The largest absolute Gasteiger partial charge is 0.395 e. The fourth-order valence-corrected chi connectivity index (χ4v) is 2.91. The van der Waals surface area contributed by atoms with Gasteiger partial charge in [-0.25, -0.2) is 0 Å². The van der Waals surface area contributed by atoms with Crippen LogP contribution in [-0.4, -0.2) is 36.8 Å². The number of likely N-dealkylation sites (N-methyl/N-ethyl adjacent to an activating group) is 1. The van der Waals surface area contributed by atoms with Crippen molar-refractivity contribution in [2.24, 2.45) is 0 Å². The van der Waals surface area contributed by atoms with Crippen LogP contribution in [0.5, 0.6) is 0 Å². The first kappa shape index (κ1) is 22.7. The summed E-state index contributed by atoms with van der Waals surface area (Å²) >= 11 is 0. The van der Waals surface area contributed by atoms with E-state index in [0.717, 1.165) is 13.1 Å². The van der Waals surface area contributed by atoms with Gasteiger partial charge in [-0.1, -0.05) is 76.9 Å². The summed E-state index contributed by atoms with van der Waals surface area (Å²) in [5.41, 5.74) is 0. The van der Waals surface area contributed by atoms with Crippen LogP contribution in [0.1, 0.15) is 96.8 Å². The highest BCUT2D eigenvalue weighted by molar-refractivity contribution is 4.81. The zero-order valence-electron chi connectivity index (χ0n) is 16.1. The van der Waals surface area contributed by atoms with E-state index in [1.54, 1.807) is 0 Å². The van der Waals surface area contributed by atoms with Gasteiger partial charge >= 0.3 is 0 Å². The summed E-state index contributed by atoms with van der Waals surface area (Å²) < 4.78 is 0. The lowest BCUT2D eigenvalue weighted by molar-refractivity contribution is 0.219. The maximum atomic E-state index is 8.82. The van der Waals surface area contributed by atoms with E-state index in [-0.39, 0.29) is 6.61 Å². The molecule has 0 amide bonds. The lowest BCUT2D eigenvalue weighted by Gasteiger charge is -2.14. The van der Waals surface area contributed by atoms with Crippen LogP contribution in [0.2, 0.25) is 0 Å². The molecule has 0 heterocycles. The minimum absolute atomic E-state index is 0.281. The van der Waals surface area contributed by atoms with Crippen molar-refractivity contribution in [1.29, 1.82) is 0 Å². The van der Waals surface area contributed by atoms with E-state index < -0.39 is 0 Å². The number of nitrogens with zero attached hydrogens (tertiary/aromatic N) is 1. The molecule has 0 bridgehead atoms. The number of hydrogen-bond acceptors (Lipinski definition) is 2. The van der Waals surface area contributed by atoms with Crippen molar-refractivity contribution in [2.45, 2.75) is 96.8 Å². The second kappa shape index (κ2) is 19.7. The van der Waals surface area contributed by atoms with E-state index in [1.807, 2.05) is 0 Å². The predicted molar refractivity (Wildman–Crippen MR) is 104 cm³/mol. The summed E-state index contributed by atoms with van der Waals surface area (Å²) in [6, 6.07) is 0. The number of hydrogen-bond donors (Lipinski definition) is 1. The van der Waals surface area contributed by atoms with Gasteiger partial charge in [-0.05, 0) is 45.7 Å². The van der Waals surface area contributed by atoms with Gasteiger partial charge in [0.2, 0.25) is 0 Å². The Kier molecular flexibility index (Phi) is 19.4. The van der Waals surface area contributed by atoms with Crippen molar-refractivity contribution in [3.05, 3.63) is 12.2 Å². The second-order valence-corrected chi connectivity index (χ2v) is 6.96. The molecule has 0 atom stereocenters. The van der Waals surface area contributed by atoms with Gasteiger partial charge in [0.05, 0.1) is 6.61 Å². The number of unbranched alkanes of at least 4 members (excludes halogenated alkanes) is 12. The number of allylic oxidation sites excluding steroid dienone is 2. The molecule has 2 nitrogen and oxygen atoms in total. The zero-order chi connectivity index (χ0) is 17.0. The summed E-state index contributed by atoms with van der Waals surface area (Å²) in [4.78, 5) is 2.22. The van der Waals surface area contributed by atoms with Crippen molar-refractivity contribution in [2.75, 3.05) is 26.7 Å². The molecule has 0 aromatic heterocycles. The Morgan fingerprint density at radius 3 is 1.65 bits per heavy atom. The molecule has 0 aliphatic heterocycles. The van der Waals surface area contributed by atoms with Gasteiger partial charge in [-0.15, -0.1) is 0 Å². The van der Waals surface area contributed by atoms with Crippen LogP contribution in [0, 0.1) is 0 Å². The second-order valence-electron chi connectivity index (χ2n) is 6.96. The molecule has 0 aliphatic carbocycles. The Morgan fingerprint density at radius 2 is 1.13 bits per heavy atom. The Bertz CT molecular complexity index is 240. The Balaban J connectivity index is 3.10. The maximum Gasteiger partial charge on any atom is 0.0558 e. The molecular formula is C21H43NO. The van der Waals surface area contributed by atoms with E-state index in [0.29, 0.717) is 0 Å². The van der Waals surface area contributed by atoms with Crippen LogP contribution in [0.3, 0.4) is 0 Å². The lowest BCUT2D eigenvalue weighted by atomic mass is 10.1. The summed E-state index contributed by atoms with van der Waals surface area (Å²) in [5, 5.41) is 8.82. The average molecular weight is 326 g/mol. The summed E-state index contributed by atoms with van der Waals surface area (Å²) in [6.45, 7) is 4.50. The predicted octanol–water partition coefficient (Wildman–Crippen LogP) is 5.95. The standard InChI is InChI=1S/C21H43NO/c1-3-4-5-6-7-8-9-10-11-12-13-14-15-16-17-18-19-22(2)20-21-23/h10-11,23H,3-9,12-21H2,1-2H3/b11-10-. The molecule has 0 aromatic carbocycles. The van der Waals surface area contributed by atoms with Crippen LogP contribution in [0.4, 0.5) is 0 Å². The van der Waals surface area contributed by atoms with Crippen molar-refractivity contribution in [3.8, 4) is 0 Å². The van der Waals surface area contributed by atoms with Crippen molar-refractivity contribution in [1.82, 2.24) is 4.90 Å². The van der Waals surface area contributed by atoms with Crippen LogP contribution in [-0.2, 0) is 0 Å². The molecule has 0 radical (unpaired) electrons. The molecule has 23 heavy (non-hydrogen) atoms. The van der Waals surface area contributed by atoms with E-state index in [1.165, 1.54) is 89.9 Å². The van der Waals surface area contributed by atoms with E-state index >= 15 is 0 Å². The molecule has 1 N–H and O–H groups in total. The molecule has 138 valence electrons. The van der Waals surface area contributed by atoms with Crippen molar-refractivity contribution < 1.29 is 5.11 Å². The third-order valence-corrected chi connectivity index (χ3v) is 4.53. The summed E-state index contributed by atoms with van der Waals surface area (Å²) in [6.07, 6.45) is 23.9. The molecule has 0 unspecified atom stereocenters. The maximum absolute atomic E-state index is 8.82. The molecule has 0 saturated heterocycles. The molecule has 0 aromatic rings. The highest BCUT2D eigenvalue weighted by atomic mass is 16.3. The smallest absolute Gasteiger partial charge is 0.0558 e. The lowest BCUT2D eigenvalue weighted by Crippen LogP contribution is -2.23. The minimum Gasteiger partial charge on any atom is -0.395 e. The van der Waals surface area contributed by atoms with Gasteiger partial charge in [0.1, 0.15) is 0 Å². The SMILES string of the molecule is CCCCCCCC/C=C\CCCCCCCCN(C)CCO. The van der Waals surface area contributed by atoms with Crippen LogP contribution in [0.25, 0.3) is 0 Å². The van der Waals surface area contributed by atoms with Gasteiger partial charge in [-0.3, -0.25) is 0 Å².